The second-order valence-corrected chi connectivity index (χ2v) is 6.37. The summed E-state index contributed by atoms with van der Waals surface area (Å²) in [5.74, 6) is -1.54. The molecule has 0 aliphatic carbocycles. The van der Waals surface area contributed by atoms with Gasteiger partial charge in [0.15, 0.2) is 5.43 Å². The van der Waals surface area contributed by atoms with E-state index in [-0.39, 0.29) is 32.8 Å². The molecule has 1 amide bonds. The van der Waals surface area contributed by atoms with Crippen LogP contribution >= 0.6 is 0 Å². The van der Waals surface area contributed by atoms with Gasteiger partial charge in [-0.1, -0.05) is 12.1 Å². The predicted molar refractivity (Wildman–Crippen MR) is 108 cm³/mol. The lowest BCUT2D eigenvalue weighted by molar-refractivity contribution is 0.0600. The lowest BCUT2D eigenvalue weighted by Crippen LogP contribution is -2.15. The minimum atomic E-state index is -0.574. The molecule has 7 heteroatoms. The monoisotopic (exact) mass is 390 g/mol. The van der Waals surface area contributed by atoms with E-state index in [2.05, 4.69) is 15.0 Å². The van der Waals surface area contributed by atoms with Gasteiger partial charge >= 0.3 is 5.97 Å². The van der Waals surface area contributed by atoms with Gasteiger partial charge in [-0.3, -0.25) is 9.59 Å². The number of rotatable bonds is 3. The smallest absolute Gasteiger partial charge is 0.337 e. The Labute approximate surface area is 163 Å². The van der Waals surface area contributed by atoms with Crippen molar-refractivity contribution in [1.29, 1.82) is 0 Å². The molecule has 0 aliphatic heterocycles. The number of H-pyrrole nitrogens is 1. The molecular formula is C22H15FN2O4. The number of pyridine rings is 1. The van der Waals surface area contributed by atoms with Crippen LogP contribution in [0.4, 0.5) is 10.1 Å². The Morgan fingerprint density at radius 2 is 1.59 bits per heavy atom. The summed E-state index contributed by atoms with van der Waals surface area (Å²) in [6, 6.07) is 15.1. The van der Waals surface area contributed by atoms with Gasteiger partial charge in [-0.05, 0) is 48.5 Å². The van der Waals surface area contributed by atoms with Crippen LogP contribution in [0.25, 0.3) is 21.8 Å². The highest BCUT2D eigenvalue weighted by atomic mass is 19.1. The van der Waals surface area contributed by atoms with Gasteiger partial charge in [0.1, 0.15) is 5.82 Å². The summed E-state index contributed by atoms with van der Waals surface area (Å²) in [6.07, 6.45) is 0. The Morgan fingerprint density at radius 1 is 0.931 bits per heavy atom. The summed E-state index contributed by atoms with van der Waals surface area (Å²) in [4.78, 5) is 40.0. The van der Waals surface area contributed by atoms with Gasteiger partial charge in [0.05, 0.1) is 29.3 Å². The maximum atomic E-state index is 14.2. The van der Waals surface area contributed by atoms with Crippen LogP contribution in [-0.4, -0.2) is 24.0 Å². The molecule has 2 N–H and O–H groups in total. The number of hydrogen-bond acceptors (Lipinski definition) is 4. The number of esters is 1. The van der Waals surface area contributed by atoms with Crippen LogP contribution < -0.4 is 10.7 Å². The predicted octanol–water partition coefficient (Wildman–Crippen LogP) is 3.86. The normalized spacial score (nSPS) is 10.8. The fourth-order valence-corrected chi connectivity index (χ4v) is 3.18. The molecule has 3 aromatic carbocycles. The van der Waals surface area contributed by atoms with Crippen LogP contribution in [0.5, 0.6) is 0 Å². The molecule has 0 unspecified atom stereocenters. The first-order valence-electron chi connectivity index (χ1n) is 8.72. The molecule has 29 heavy (non-hydrogen) atoms. The molecule has 1 heterocycles. The number of aromatic amines is 1. The first-order chi connectivity index (χ1) is 14.0. The van der Waals surface area contributed by atoms with Crippen molar-refractivity contribution in [3.05, 3.63) is 87.8 Å². The number of carbonyl (C=O) groups is 2. The molecule has 4 rings (SSSR count). The topological polar surface area (TPSA) is 88.3 Å². The molecule has 6 nitrogen and oxygen atoms in total. The number of carbonyl (C=O) groups excluding carboxylic acids is 2. The van der Waals surface area contributed by atoms with E-state index >= 15 is 0 Å². The molecule has 0 saturated carbocycles. The first kappa shape index (κ1) is 18.4. The van der Waals surface area contributed by atoms with Gasteiger partial charge in [0.25, 0.3) is 5.91 Å². The maximum Gasteiger partial charge on any atom is 0.337 e. The number of aromatic nitrogens is 1. The summed E-state index contributed by atoms with van der Waals surface area (Å²) >= 11 is 0. The van der Waals surface area contributed by atoms with E-state index in [1.165, 1.54) is 37.4 Å². The highest BCUT2D eigenvalue weighted by Crippen LogP contribution is 2.21. The van der Waals surface area contributed by atoms with Crippen LogP contribution in [-0.2, 0) is 4.74 Å². The van der Waals surface area contributed by atoms with E-state index in [9.17, 15) is 18.8 Å². The molecule has 0 atom stereocenters. The molecule has 0 aliphatic rings. The minimum absolute atomic E-state index is 0.0488. The van der Waals surface area contributed by atoms with Crippen molar-refractivity contribution in [2.24, 2.45) is 0 Å². The number of ether oxygens (including phenoxy) is 1. The third-order valence-electron chi connectivity index (χ3n) is 4.63. The maximum absolute atomic E-state index is 14.2. The highest BCUT2D eigenvalue weighted by molar-refractivity contribution is 6.13. The van der Waals surface area contributed by atoms with Crippen molar-refractivity contribution in [3.8, 4) is 0 Å². The summed E-state index contributed by atoms with van der Waals surface area (Å²) in [7, 11) is 1.28. The number of fused-ring (bicyclic) bond motifs is 2. The number of amides is 1. The van der Waals surface area contributed by atoms with Crippen LogP contribution in [0.15, 0.2) is 65.5 Å². The van der Waals surface area contributed by atoms with E-state index in [0.29, 0.717) is 11.3 Å². The SMILES string of the molecule is COC(=O)c1ccc(NC(=O)c2cccc3c(=O)c4cccc(F)c4[nH]c23)cc1. The lowest BCUT2D eigenvalue weighted by atomic mass is 10.1. The number of halogens is 1. The summed E-state index contributed by atoms with van der Waals surface area (Å²) in [5, 5.41) is 3.21. The molecule has 0 saturated heterocycles. The minimum Gasteiger partial charge on any atom is -0.465 e. The van der Waals surface area contributed by atoms with Crippen molar-refractivity contribution in [2.75, 3.05) is 12.4 Å². The van der Waals surface area contributed by atoms with Gasteiger partial charge in [0.2, 0.25) is 0 Å². The van der Waals surface area contributed by atoms with Gasteiger partial charge in [0, 0.05) is 16.5 Å². The molecule has 0 fully saturated rings. The van der Waals surface area contributed by atoms with Crippen LogP contribution in [0, 0.1) is 5.82 Å². The number of methoxy groups -OCH3 is 1. The van der Waals surface area contributed by atoms with Crippen LogP contribution in [0.3, 0.4) is 0 Å². The number of benzene rings is 3. The second-order valence-electron chi connectivity index (χ2n) is 6.37. The van der Waals surface area contributed by atoms with E-state index in [1.54, 1.807) is 30.3 Å². The zero-order valence-corrected chi connectivity index (χ0v) is 15.3. The van der Waals surface area contributed by atoms with Crippen molar-refractivity contribution >= 4 is 39.4 Å². The van der Waals surface area contributed by atoms with Gasteiger partial charge in [-0.2, -0.15) is 0 Å². The standard InChI is InChI=1S/C22H15FN2O4/c1-29-22(28)12-8-10-13(11-9-12)24-21(27)16-6-2-4-14-18(16)25-19-15(20(14)26)5-3-7-17(19)23/h2-11H,1H3,(H,24,27)(H,25,26). The number of nitrogens with one attached hydrogen (secondary N) is 2. The van der Waals surface area contributed by atoms with E-state index in [0.717, 1.165) is 0 Å². The third-order valence-corrected chi connectivity index (χ3v) is 4.63. The average molecular weight is 390 g/mol. The van der Waals surface area contributed by atoms with Gasteiger partial charge in [-0.15, -0.1) is 0 Å². The van der Waals surface area contributed by atoms with Crippen LogP contribution in [0.1, 0.15) is 20.7 Å². The van der Waals surface area contributed by atoms with Gasteiger partial charge < -0.3 is 15.0 Å². The quantitative estimate of drug-likeness (QED) is 0.411. The Hall–Kier alpha value is -4.00. The van der Waals surface area contributed by atoms with Crippen molar-refractivity contribution in [3.63, 3.8) is 0 Å². The van der Waals surface area contributed by atoms with E-state index < -0.39 is 17.7 Å². The Bertz CT molecular complexity index is 1330. The summed E-state index contributed by atoms with van der Waals surface area (Å²) < 4.78 is 18.8. The van der Waals surface area contributed by atoms with Crippen LogP contribution in [0.2, 0.25) is 0 Å². The Morgan fingerprint density at radius 3 is 2.28 bits per heavy atom. The molecule has 0 bridgehead atoms. The van der Waals surface area contributed by atoms with Crippen molar-refractivity contribution < 1.29 is 18.7 Å². The summed E-state index contributed by atoms with van der Waals surface area (Å²) in [5.41, 5.74) is 0.939. The Kier molecular flexibility index (Phi) is 4.56. The molecule has 144 valence electrons. The molecule has 4 aromatic rings. The lowest BCUT2D eigenvalue weighted by Gasteiger charge is -2.10. The molecule has 0 radical (unpaired) electrons. The molecular weight excluding hydrogens is 375 g/mol. The van der Waals surface area contributed by atoms with E-state index in [4.69, 9.17) is 0 Å². The zero-order valence-electron chi connectivity index (χ0n) is 15.3. The van der Waals surface area contributed by atoms with Gasteiger partial charge in [-0.25, -0.2) is 9.18 Å². The van der Waals surface area contributed by atoms with Crippen molar-refractivity contribution in [2.45, 2.75) is 0 Å². The second kappa shape index (κ2) is 7.20. The third kappa shape index (κ3) is 3.23. The highest BCUT2D eigenvalue weighted by Gasteiger charge is 2.16. The first-order valence-corrected chi connectivity index (χ1v) is 8.72. The van der Waals surface area contributed by atoms with Crippen molar-refractivity contribution in [1.82, 2.24) is 4.98 Å². The number of hydrogen-bond donors (Lipinski definition) is 2. The largest absolute Gasteiger partial charge is 0.465 e. The number of anilines is 1. The Balaban J connectivity index is 1.76. The molecule has 1 aromatic heterocycles. The average Bonchev–Trinajstić information content (AvgIpc) is 2.74. The van der Waals surface area contributed by atoms with E-state index in [1.807, 2.05) is 0 Å². The summed E-state index contributed by atoms with van der Waals surface area (Å²) in [6.45, 7) is 0. The molecule has 0 spiro atoms. The zero-order chi connectivity index (χ0) is 20.5. The fourth-order valence-electron chi connectivity index (χ4n) is 3.18. The number of para-hydroxylation sites is 2. The fraction of sp³-hybridized carbons (Fsp3) is 0.0455.